The fourth-order valence-electron chi connectivity index (χ4n) is 2.60. The first-order chi connectivity index (χ1) is 9.49. The highest BCUT2D eigenvalue weighted by Gasteiger charge is 2.33. The molecule has 0 atom stereocenters. The van der Waals surface area contributed by atoms with E-state index >= 15 is 0 Å². The Morgan fingerprint density at radius 2 is 1.80 bits per heavy atom. The van der Waals surface area contributed by atoms with Gasteiger partial charge in [-0.3, -0.25) is 4.79 Å². The Labute approximate surface area is 117 Å². The highest BCUT2D eigenvalue weighted by atomic mass is 19.3. The highest BCUT2D eigenvalue weighted by molar-refractivity contribution is 5.70. The zero-order valence-electron chi connectivity index (χ0n) is 11.2. The van der Waals surface area contributed by atoms with E-state index < -0.39 is 18.4 Å². The van der Waals surface area contributed by atoms with E-state index in [1.54, 1.807) is 18.2 Å². The number of aliphatic carboxylic acids is 1. The number of benzene rings is 1. The molecule has 1 aliphatic carbocycles. The molecule has 0 aliphatic heterocycles. The van der Waals surface area contributed by atoms with Gasteiger partial charge < -0.3 is 10.4 Å². The lowest BCUT2D eigenvalue weighted by molar-refractivity contribution is -0.142. The van der Waals surface area contributed by atoms with Gasteiger partial charge in [-0.1, -0.05) is 30.3 Å². The third-order valence-corrected chi connectivity index (χ3v) is 3.89. The number of nitrogens with one attached hydrogen (secondary N) is 1. The van der Waals surface area contributed by atoms with Crippen molar-refractivity contribution >= 4 is 5.97 Å². The average Bonchev–Trinajstić information content (AvgIpc) is 2.46. The second-order valence-electron chi connectivity index (χ2n) is 5.34. The molecule has 1 aliphatic rings. The molecule has 5 heteroatoms. The number of rotatable bonds is 5. The molecule has 1 aromatic rings. The van der Waals surface area contributed by atoms with Crippen molar-refractivity contribution in [1.29, 1.82) is 0 Å². The molecule has 0 saturated heterocycles. The molecule has 0 unspecified atom stereocenters. The molecule has 0 bridgehead atoms. The fraction of sp³-hybridized carbons (Fsp3) is 0.533. The number of hydrogen-bond donors (Lipinski definition) is 2. The van der Waals surface area contributed by atoms with E-state index in [2.05, 4.69) is 5.32 Å². The van der Waals surface area contributed by atoms with Gasteiger partial charge in [-0.25, -0.2) is 0 Å². The van der Waals surface area contributed by atoms with Crippen LogP contribution in [0.25, 0.3) is 0 Å². The predicted octanol–water partition coefficient (Wildman–Crippen LogP) is 3.01. The summed E-state index contributed by atoms with van der Waals surface area (Å²) >= 11 is 0. The number of carboxylic acid groups (broad SMARTS) is 1. The lowest BCUT2D eigenvalue weighted by Crippen LogP contribution is -2.40. The van der Waals surface area contributed by atoms with Crippen LogP contribution < -0.4 is 5.32 Å². The molecule has 0 heterocycles. The molecule has 2 N–H and O–H groups in total. The first kappa shape index (κ1) is 14.9. The Hall–Kier alpha value is -1.49. The lowest BCUT2D eigenvalue weighted by atomic mass is 9.86. The summed E-state index contributed by atoms with van der Waals surface area (Å²) in [4.78, 5) is 10.8. The molecule has 0 spiro atoms. The standard InChI is InChI=1S/C15H19F2NO2/c16-15(17,12-4-2-1-3-5-12)10-18-13-8-6-11(7-9-13)14(19)20/h1-5,11,13,18H,6-10H2,(H,19,20). The summed E-state index contributed by atoms with van der Waals surface area (Å²) in [5, 5.41) is 11.8. The van der Waals surface area contributed by atoms with Gasteiger partial charge in [0.1, 0.15) is 0 Å². The fourth-order valence-corrected chi connectivity index (χ4v) is 2.60. The summed E-state index contributed by atoms with van der Waals surface area (Å²) in [5.74, 6) is -3.99. The SMILES string of the molecule is O=C(O)C1CCC(NCC(F)(F)c2ccccc2)CC1. The summed E-state index contributed by atoms with van der Waals surface area (Å²) in [6.45, 7) is -0.403. The van der Waals surface area contributed by atoms with Crippen molar-refractivity contribution in [2.75, 3.05) is 6.54 Å². The Kier molecular flexibility index (Phi) is 4.70. The van der Waals surface area contributed by atoms with E-state index in [0.717, 1.165) is 0 Å². The van der Waals surface area contributed by atoms with Gasteiger partial charge >= 0.3 is 5.97 Å². The summed E-state index contributed by atoms with van der Waals surface area (Å²) in [7, 11) is 0. The lowest BCUT2D eigenvalue weighted by Gasteiger charge is -2.28. The Morgan fingerprint density at radius 1 is 1.20 bits per heavy atom. The van der Waals surface area contributed by atoms with Crippen LogP contribution in [0.15, 0.2) is 30.3 Å². The second kappa shape index (κ2) is 6.31. The molecule has 20 heavy (non-hydrogen) atoms. The van der Waals surface area contributed by atoms with Gasteiger partial charge in [-0.15, -0.1) is 0 Å². The van der Waals surface area contributed by atoms with Crippen LogP contribution in [0.3, 0.4) is 0 Å². The molecular weight excluding hydrogens is 264 g/mol. The van der Waals surface area contributed by atoms with Crippen molar-refractivity contribution < 1.29 is 18.7 Å². The third kappa shape index (κ3) is 3.76. The molecule has 0 radical (unpaired) electrons. The maximum Gasteiger partial charge on any atom is 0.306 e. The summed E-state index contributed by atoms with van der Waals surface area (Å²) in [6, 6.07) is 7.73. The first-order valence-electron chi connectivity index (χ1n) is 6.88. The van der Waals surface area contributed by atoms with E-state index in [9.17, 15) is 13.6 Å². The molecule has 1 fully saturated rings. The van der Waals surface area contributed by atoms with Gasteiger partial charge in [0.05, 0.1) is 12.5 Å². The number of hydrogen-bond acceptors (Lipinski definition) is 2. The van der Waals surface area contributed by atoms with Gasteiger partial charge in [0.2, 0.25) is 0 Å². The molecule has 1 aromatic carbocycles. The van der Waals surface area contributed by atoms with E-state index in [1.807, 2.05) is 0 Å². The maximum atomic E-state index is 14.0. The van der Waals surface area contributed by atoms with Gasteiger partial charge in [0, 0.05) is 11.6 Å². The van der Waals surface area contributed by atoms with Crippen molar-refractivity contribution in [3.63, 3.8) is 0 Å². The normalized spacial score (nSPS) is 23.5. The number of carbonyl (C=O) groups is 1. The van der Waals surface area contributed by atoms with Crippen LogP contribution >= 0.6 is 0 Å². The Balaban J connectivity index is 1.82. The van der Waals surface area contributed by atoms with Crippen molar-refractivity contribution in [2.24, 2.45) is 5.92 Å². The van der Waals surface area contributed by atoms with Gasteiger partial charge in [0.25, 0.3) is 5.92 Å². The van der Waals surface area contributed by atoms with Crippen molar-refractivity contribution in [2.45, 2.75) is 37.6 Å². The van der Waals surface area contributed by atoms with Crippen LogP contribution in [-0.2, 0) is 10.7 Å². The van der Waals surface area contributed by atoms with E-state index in [0.29, 0.717) is 25.7 Å². The molecule has 110 valence electrons. The average molecular weight is 283 g/mol. The second-order valence-corrected chi connectivity index (χ2v) is 5.34. The van der Waals surface area contributed by atoms with E-state index in [-0.39, 0.29) is 17.5 Å². The molecule has 3 nitrogen and oxygen atoms in total. The van der Waals surface area contributed by atoms with Crippen molar-refractivity contribution in [1.82, 2.24) is 5.32 Å². The maximum absolute atomic E-state index is 14.0. The van der Waals surface area contributed by atoms with Crippen molar-refractivity contribution in [3.8, 4) is 0 Å². The third-order valence-electron chi connectivity index (χ3n) is 3.89. The molecule has 2 rings (SSSR count). The van der Waals surface area contributed by atoms with E-state index in [4.69, 9.17) is 5.11 Å². The van der Waals surface area contributed by atoms with E-state index in [1.165, 1.54) is 12.1 Å². The quantitative estimate of drug-likeness (QED) is 0.873. The molecule has 1 saturated carbocycles. The summed E-state index contributed by atoms with van der Waals surface area (Å²) < 4.78 is 27.9. The molecular formula is C15H19F2NO2. The number of halogens is 2. The predicted molar refractivity (Wildman–Crippen MR) is 71.7 cm³/mol. The number of carboxylic acids is 1. The summed E-state index contributed by atoms with van der Waals surface area (Å²) in [6.07, 6.45) is 2.40. The van der Waals surface area contributed by atoms with Crippen molar-refractivity contribution in [3.05, 3.63) is 35.9 Å². The van der Waals surface area contributed by atoms with Crippen LogP contribution in [0.1, 0.15) is 31.2 Å². The zero-order valence-corrected chi connectivity index (χ0v) is 11.2. The monoisotopic (exact) mass is 283 g/mol. The number of alkyl halides is 2. The van der Waals surface area contributed by atoms with Gasteiger partial charge in [-0.2, -0.15) is 8.78 Å². The molecule has 0 amide bonds. The molecule has 0 aromatic heterocycles. The smallest absolute Gasteiger partial charge is 0.306 e. The Bertz CT molecular complexity index is 442. The van der Waals surface area contributed by atoms with Crippen LogP contribution in [0, 0.1) is 5.92 Å². The highest BCUT2D eigenvalue weighted by Crippen LogP contribution is 2.29. The first-order valence-corrected chi connectivity index (χ1v) is 6.88. The summed E-state index contributed by atoms with van der Waals surface area (Å²) in [5.41, 5.74) is 0.00622. The van der Waals surface area contributed by atoms with Crippen LogP contribution in [0.5, 0.6) is 0 Å². The van der Waals surface area contributed by atoms with Gasteiger partial charge in [0.15, 0.2) is 0 Å². The minimum Gasteiger partial charge on any atom is -0.481 e. The van der Waals surface area contributed by atoms with Crippen LogP contribution in [-0.4, -0.2) is 23.7 Å². The minimum atomic E-state index is -2.90. The zero-order chi connectivity index (χ0) is 14.6. The Morgan fingerprint density at radius 3 is 2.35 bits per heavy atom. The largest absolute Gasteiger partial charge is 0.481 e. The van der Waals surface area contributed by atoms with Crippen LogP contribution in [0.4, 0.5) is 8.78 Å². The van der Waals surface area contributed by atoms with Gasteiger partial charge in [-0.05, 0) is 25.7 Å². The minimum absolute atomic E-state index is 0.00622. The topological polar surface area (TPSA) is 49.3 Å². The van der Waals surface area contributed by atoms with Crippen LogP contribution in [0.2, 0.25) is 0 Å².